The third-order valence-electron chi connectivity index (χ3n) is 4.92. The Morgan fingerprint density at radius 1 is 1.00 bits per heavy atom. The Labute approximate surface area is 170 Å². The minimum Gasteiger partial charge on any atom is -0.459 e. The molecular weight excluding hydrogens is 366 g/mol. The molecule has 2 atom stereocenters. The molecule has 0 saturated heterocycles. The van der Waals surface area contributed by atoms with E-state index in [4.69, 9.17) is 4.42 Å². The van der Waals surface area contributed by atoms with Gasteiger partial charge < -0.3 is 20.0 Å². The summed E-state index contributed by atoms with van der Waals surface area (Å²) in [5, 5.41) is 6.91. The maximum atomic E-state index is 12.4. The molecule has 29 heavy (non-hydrogen) atoms. The van der Waals surface area contributed by atoms with E-state index in [1.807, 2.05) is 76.3 Å². The molecule has 0 aliphatic carbocycles. The van der Waals surface area contributed by atoms with E-state index in [-0.39, 0.29) is 30.9 Å². The van der Waals surface area contributed by atoms with Gasteiger partial charge in [0.15, 0.2) is 13.1 Å². The maximum Gasteiger partial charge on any atom is 0.279 e. The van der Waals surface area contributed by atoms with E-state index in [0.717, 1.165) is 32.7 Å². The fourth-order valence-electron chi connectivity index (χ4n) is 3.39. The Bertz CT molecular complexity index is 972. The average Bonchev–Trinajstić information content (AvgIpc) is 3.09. The number of carbonyl (C=O) groups is 2. The highest BCUT2D eigenvalue weighted by molar-refractivity contribution is 5.93. The van der Waals surface area contributed by atoms with Gasteiger partial charge in [0.05, 0.1) is 13.1 Å². The van der Waals surface area contributed by atoms with Crippen LogP contribution >= 0.6 is 0 Å². The van der Waals surface area contributed by atoms with Crippen LogP contribution in [0.5, 0.6) is 0 Å². The molecule has 6 nitrogen and oxygen atoms in total. The quantitative estimate of drug-likeness (QED) is 0.576. The van der Waals surface area contributed by atoms with E-state index in [1.54, 1.807) is 0 Å². The topological polar surface area (TPSA) is 75.8 Å². The van der Waals surface area contributed by atoms with Crippen LogP contribution in [0.1, 0.15) is 29.9 Å². The molecule has 2 aromatic carbocycles. The van der Waals surface area contributed by atoms with E-state index in [9.17, 15) is 9.59 Å². The number of aryl methyl sites for hydroxylation is 2. The predicted molar refractivity (Wildman–Crippen MR) is 114 cm³/mol. The highest BCUT2D eigenvalue weighted by Crippen LogP contribution is 2.23. The molecule has 3 rings (SSSR count). The Morgan fingerprint density at radius 3 is 2.34 bits per heavy atom. The zero-order valence-corrected chi connectivity index (χ0v) is 17.3. The van der Waals surface area contributed by atoms with Gasteiger partial charge in [-0.3, -0.25) is 9.59 Å². The van der Waals surface area contributed by atoms with Crippen molar-refractivity contribution in [2.75, 3.05) is 25.5 Å². The lowest BCUT2D eigenvalue weighted by molar-refractivity contribution is -0.862. The van der Waals surface area contributed by atoms with Gasteiger partial charge in [-0.2, -0.15) is 0 Å². The van der Waals surface area contributed by atoms with Crippen molar-refractivity contribution in [3.8, 4) is 0 Å². The van der Waals surface area contributed by atoms with E-state index >= 15 is 0 Å². The lowest BCUT2D eigenvalue weighted by atomic mass is 10.1. The molecule has 6 heteroatoms. The van der Waals surface area contributed by atoms with Crippen LogP contribution < -0.4 is 15.5 Å². The molecule has 3 aromatic rings. The summed E-state index contributed by atoms with van der Waals surface area (Å²) in [4.78, 5) is 25.6. The van der Waals surface area contributed by atoms with E-state index in [1.165, 1.54) is 0 Å². The minimum absolute atomic E-state index is 0.113. The van der Waals surface area contributed by atoms with Crippen molar-refractivity contribution < 1.29 is 18.9 Å². The number of anilines is 1. The smallest absolute Gasteiger partial charge is 0.279 e. The number of para-hydroxylation sites is 2. The number of amides is 2. The lowest BCUT2D eigenvalue weighted by Crippen LogP contribution is -3.11. The number of nitrogens with one attached hydrogen (secondary N) is 3. The lowest BCUT2D eigenvalue weighted by Gasteiger charge is -2.17. The fourth-order valence-corrected chi connectivity index (χ4v) is 3.39. The van der Waals surface area contributed by atoms with Gasteiger partial charge >= 0.3 is 0 Å². The van der Waals surface area contributed by atoms with Crippen LogP contribution in [-0.4, -0.2) is 32.0 Å². The summed E-state index contributed by atoms with van der Waals surface area (Å²) < 4.78 is 5.80. The third kappa shape index (κ3) is 5.23. The predicted octanol–water partition coefficient (Wildman–Crippen LogP) is 2.38. The standard InChI is InChI=1S/C23H27N3O3/c1-15-8-7-9-16(2)23(15)25-22(28)14-26(4)13-21(27)24-17(3)20-12-18-10-5-6-11-19(18)29-20/h5-12,17H,13-14H2,1-4H3,(H,24,27)(H,25,28)/p+1/t17-/m1/s1. The molecule has 3 N–H and O–H groups in total. The normalized spacial score (nSPS) is 13.1. The molecule has 0 fully saturated rings. The van der Waals surface area contributed by atoms with Gasteiger partial charge in [-0.1, -0.05) is 36.4 Å². The molecule has 1 unspecified atom stereocenters. The number of hydrogen-bond acceptors (Lipinski definition) is 3. The van der Waals surface area contributed by atoms with Crippen molar-refractivity contribution in [2.24, 2.45) is 0 Å². The number of rotatable bonds is 7. The molecule has 1 aromatic heterocycles. The first-order valence-electron chi connectivity index (χ1n) is 9.78. The van der Waals surface area contributed by atoms with Gasteiger partial charge in [0, 0.05) is 11.1 Å². The summed E-state index contributed by atoms with van der Waals surface area (Å²) in [7, 11) is 1.83. The second-order valence-corrected chi connectivity index (χ2v) is 7.60. The van der Waals surface area contributed by atoms with E-state index < -0.39 is 0 Å². The van der Waals surface area contributed by atoms with Crippen LogP contribution in [0, 0.1) is 13.8 Å². The van der Waals surface area contributed by atoms with Gasteiger partial charge in [0.1, 0.15) is 11.3 Å². The maximum absolute atomic E-state index is 12.4. The highest BCUT2D eigenvalue weighted by Gasteiger charge is 2.19. The number of fused-ring (bicyclic) bond motifs is 1. The zero-order chi connectivity index (χ0) is 21.0. The zero-order valence-electron chi connectivity index (χ0n) is 17.3. The summed E-state index contributed by atoms with van der Waals surface area (Å²) >= 11 is 0. The van der Waals surface area contributed by atoms with Crippen molar-refractivity contribution in [2.45, 2.75) is 26.8 Å². The number of benzene rings is 2. The minimum atomic E-state index is -0.244. The Kier molecular flexibility index (Phi) is 6.34. The molecule has 0 aliphatic rings. The molecule has 0 aliphatic heterocycles. The highest BCUT2D eigenvalue weighted by atomic mass is 16.3. The number of carbonyl (C=O) groups excluding carboxylic acids is 2. The molecular formula is C23H28N3O3+. The molecule has 0 bridgehead atoms. The molecule has 0 radical (unpaired) electrons. The Morgan fingerprint density at radius 2 is 1.66 bits per heavy atom. The molecule has 0 saturated carbocycles. The van der Waals surface area contributed by atoms with Crippen LogP contribution in [0.15, 0.2) is 52.9 Å². The number of likely N-dealkylation sites (N-methyl/N-ethyl adjacent to an activating group) is 1. The molecule has 152 valence electrons. The van der Waals surface area contributed by atoms with Gasteiger partial charge in [-0.15, -0.1) is 0 Å². The molecule has 0 spiro atoms. The molecule has 2 amide bonds. The van der Waals surface area contributed by atoms with Crippen LogP contribution in [0.3, 0.4) is 0 Å². The SMILES string of the molecule is Cc1cccc(C)c1NC(=O)C[NH+](C)CC(=O)N[C@H](C)c1cc2ccccc2o1. The van der Waals surface area contributed by atoms with Crippen molar-refractivity contribution in [1.82, 2.24) is 5.32 Å². The number of hydrogen-bond donors (Lipinski definition) is 3. The summed E-state index contributed by atoms with van der Waals surface area (Å²) in [6.45, 7) is 6.22. The van der Waals surface area contributed by atoms with E-state index in [0.29, 0.717) is 5.76 Å². The Balaban J connectivity index is 1.51. The van der Waals surface area contributed by atoms with Crippen LogP contribution in [0.2, 0.25) is 0 Å². The summed E-state index contributed by atoms with van der Waals surface area (Å²) in [6, 6.07) is 15.3. The third-order valence-corrected chi connectivity index (χ3v) is 4.92. The number of quaternary nitrogens is 1. The fraction of sp³-hybridized carbons (Fsp3) is 0.304. The van der Waals surface area contributed by atoms with Crippen molar-refractivity contribution in [3.05, 3.63) is 65.4 Å². The van der Waals surface area contributed by atoms with Gasteiger partial charge in [0.2, 0.25) is 0 Å². The average molecular weight is 394 g/mol. The van der Waals surface area contributed by atoms with Crippen molar-refractivity contribution >= 4 is 28.5 Å². The van der Waals surface area contributed by atoms with Crippen molar-refractivity contribution in [1.29, 1.82) is 0 Å². The molecule has 1 heterocycles. The summed E-state index contributed by atoms with van der Waals surface area (Å²) in [5.41, 5.74) is 3.68. The largest absolute Gasteiger partial charge is 0.459 e. The van der Waals surface area contributed by atoms with E-state index in [2.05, 4.69) is 10.6 Å². The van der Waals surface area contributed by atoms with Gasteiger partial charge in [-0.25, -0.2) is 0 Å². The van der Waals surface area contributed by atoms with Gasteiger partial charge in [0.25, 0.3) is 11.8 Å². The second-order valence-electron chi connectivity index (χ2n) is 7.60. The first-order valence-corrected chi connectivity index (χ1v) is 9.78. The summed E-state index contributed by atoms with van der Waals surface area (Å²) in [5.74, 6) is 0.471. The number of furan rings is 1. The van der Waals surface area contributed by atoms with Gasteiger partial charge in [-0.05, 0) is 44.0 Å². The Hall–Kier alpha value is -3.12. The van der Waals surface area contributed by atoms with Crippen LogP contribution in [-0.2, 0) is 9.59 Å². The van der Waals surface area contributed by atoms with Crippen LogP contribution in [0.25, 0.3) is 11.0 Å². The summed E-state index contributed by atoms with van der Waals surface area (Å²) in [6.07, 6.45) is 0. The second kappa shape index (κ2) is 8.92. The first kappa shape index (κ1) is 20.6. The monoisotopic (exact) mass is 394 g/mol. The first-order chi connectivity index (χ1) is 13.8. The van der Waals surface area contributed by atoms with Crippen LogP contribution in [0.4, 0.5) is 5.69 Å². The van der Waals surface area contributed by atoms with Crippen molar-refractivity contribution in [3.63, 3.8) is 0 Å².